The lowest BCUT2D eigenvalue weighted by atomic mass is 10.0. The quantitative estimate of drug-likeness (QED) is 0.836. The molecule has 0 aliphatic carbocycles. The van der Waals surface area contributed by atoms with Crippen LogP contribution in [0.4, 0.5) is 0 Å². The van der Waals surface area contributed by atoms with Crippen LogP contribution >= 0.6 is 0 Å². The molecule has 0 radical (unpaired) electrons. The predicted molar refractivity (Wildman–Crippen MR) is 60.3 cm³/mol. The van der Waals surface area contributed by atoms with Crippen molar-refractivity contribution in [2.75, 3.05) is 0 Å². The van der Waals surface area contributed by atoms with E-state index in [-0.39, 0.29) is 0 Å². The number of rotatable bonds is 2. The summed E-state index contributed by atoms with van der Waals surface area (Å²) in [5.41, 5.74) is 2.74. The molecular formula is C12H12N2O2. The number of nitrogens with zero attached hydrogens (tertiary/aromatic N) is 2. The second kappa shape index (κ2) is 3.81. The zero-order valence-corrected chi connectivity index (χ0v) is 9.14. The Morgan fingerprint density at radius 3 is 2.75 bits per heavy atom. The molecule has 0 spiro atoms. The van der Waals surface area contributed by atoms with Gasteiger partial charge in [0.15, 0.2) is 0 Å². The molecule has 0 atom stereocenters. The molecule has 82 valence electrons. The first-order valence-corrected chi connectivity index (χ1v) is 4.90. The fourth-order valence-electron chi connectivity index (χ4n) is 1.68. The Morgan fingerprint density at radius 2 is 2.19 bits per heavy atom. The maximum atomic E-state index is 11.2. The SMILES string of the molecule is Cc1ccc(-c2cncn2C)c(C(=O)O)c1. The Morgan fingerprint density at radius 1 is 1.44 bits per heavy atom. The largest absolute Gasteiger partial charge is 0.478 e. The van der Waals surface area contributed by atoms with Gasteiger partial charge in [-0.05, 0) is 13.0 Å². The number of imidazole rings is 1. The van der Waals surface area contributed by atoms with Gasteiger partial charge in [0.25, 0.3) is 0 Å². The molecule has 0 fully saturated rings. The summed E-state index contributed by atoms with van der Waals surface area (Å²) < 4.78 is 1.80. The van der Waals surface area contributed by atoms with E-state index < -0.39 is 5.97 Å². The zero-order chi connectivity index (χ0) is 11.7. The average Bonchev–Trinajstić information content (AvgIpc) is 2.64. The first-order valence-electron chi connectivity index (χ1n) is 4.90. The molecule has 2 rings (SSSR count). The Balaban J connectivity index is 2.65. The van der Waals surface area contributed by atoms with Gasteiger partial charge < -0.3 is 9.67 Å². The highest BCUT2D eigenvalue weighted by Gasteiger charge is 2.13. The van der Waals surface area contributed by atoms with Crippen LogP contribution in [-0.4, -0.2) is 20.6 Å². The Bertz CT molecular complexity index is 544. The number of aromatic carboxylic acids is 1. The lowest BCUT2D eigenvalue weighted by molar-refractivity contribution is 0.0697. The molecule has 4 heteroatoms. The third kappa shape index (κ3) is 1.69. The van der Waals surface area contributed by atoms with Crippen LogP contribution in [0.15, 0.2) is 30.7 Å². The lowest BCUT2D eigenvalue weighted by Crippen LogP contribution is -2.02. The Kier molecular flexibility index (Phi) is 2.48. The second-order valence-corrected chi connectivity index (χ2v) is 3.74. The van der Waals surface area contributed by atoms with Gasteiger partial charge in [-0.15, -0.1) is 0 Å². The van der Waals surface area contributed by atoms with Gasteiger partial charge in [0.1, 0.15) is 0 Å². The number of hydrogen-bond donors (Lipinski definition) is 1. The number of carboxylic acids is 1. The zero-order valence-electron chi connectivity index (χ0n) is 9.14. The summed E-state index contributed by atoms with van der Waals surface area (Å²) >= 11 is 0. The van der Waals surface area contributed by atoms with Crippen molar-refractivity contribution < 1.29 is 9.90 Å². The minimum atomic E-state index is -0.917. The fraction of sp³-hybridized carbons (Fsp3) is 0.167. The second-order valence-electron chi connectivity index (χ2n) is 3.74. The molecule has 0 saturated carbocycles. The number of carbonyl (C=O) groups is 1. The Labute approximate surface area is 93.2 Å². The number of benzene rings is 1. The third-order valence-electron chi connectivity index (χ3n) is 2.50. The molecule has 1 aromatic carbocycles. The molecule has 0 saturated heterocycles. The maximum Gasteiger partial charge on any atom is 0.336 e. The third-order valence-corrected chi connectivity index (χ3v) is 2.50. The molecular weight excluding hydrogens is 204 g/mol. The van der Waals surface area contributed by atoms with Gasteiger partial charge in [0.2, 0.25) is 0 Å². The molecule has 0 amide bonds. The van der Waals surface area contributed by atoms with Crippen LogP contribution < -0.4 is 0 Å². The van der Waals surface area contributed by atoms with Gasteiger partial charge in [-0.1, -0.05) is 17.7 Å². The normalized spacial score (nSPS) is 10.4. The molecule has 0 unspecified atom stereocenters. The summed E-state index contributed by atoms with van der Waals surface area (Å²) in [5.74, 6) is -0.917. The monoisotopic (exact) mass is 216 g/mol. The highest BCUT2D eigenvalue weighted by molar-refractivity contribution is 5.95. The van der Waals surface area contributed by atoms with Gasteiger partial charge in [-0.2, -0.15) is 0 Å². The van der Waals surface area contributed by atoms with Gasteiger partial charge in [-0.3, -0.25) is 0 Å². The summed E-state index contributed by atoms with van der Waals surface area (Å²) in [6.07, 6.45) is 3.32. The number of aromatic nitrogens is 2. The van der Waals surface area contributed by atoms with Crippen LogP contribution in [0.3, 0.4) is 0 Å². The molecule has 0 bridgehead atoms. The molecule has 0 aliphatic heterocycles. The van der Waals surface area contributed by atoms with E-state index in [1.54, 1.807) is 23.2 Å². The summed E-state index contributed by atoms with van der Waals surface area (Å²) in [4.78, 5) is 15.1. The van der Waals surface area contributed by atoms with Gasteiger partial charge >= 0.3 is 5.97 Å². The molecule has 4 nitrogen and oxygen atoms in total. The van der Waals surface area contributed by atoms with Crippen molar-refractivity contribution in [3.63, 3.8) is 0 Å². The molecule has 1 N–H and O–H groups in total. The summed E-state index contributed by atoms with van der Waals surface area (Å²) in [6, 6.07) is 5.38. The standard InChI is InChI=1S/C12H12N2O2/c1-8-3-4-9(10(5-8)12(15)16)11-6-13-7-14(11)2/h3-7H,1-2H3,(H,15,16). The van der Waals surface area contributed by atoms with Gasteiger partial charge in [0.05, 0.1) is 23.8 Å². The molecule has 16 heavy (non-hydrogen) atoms. The van der Waals surface area contributed by atoms with Crippen LogP contribution in [0, 0.1) is 6.92 Å². The van der Waals surface area contributed by atoms with E-state index in [1.807, 2.05) is 26.1 Å². The van der Waals surface area contributed by atoms with Crippen LogP contribution in [-0.2, 0) is 7.05 Å². The van der Waals surface area contributed by atoms with Crippen molar-refractivity contribution >= 4 is 5.97 Å². The first kappa shape index (κ1) is 10.4. The van der Waals surface area contributed by atoms with Crippen LogP contribution in [0.1, 0.15) is 15.9 Å². The smallest absolute Gasteiger partial charge is 0.336 e. The number of hydrogen-bond acceptors (Lipinski definition) is 2. The summed E-state index contributed by atoms with van der Waals surface area (Å²) in [7, 11) is 1.84. The van der Waals surface area contributed by atoms with Gasteiger partial charge in [0, 0.05) is 12.6 Å². The highest BCUT2D eigenvalue weighted by Crippen LogP contribution is 2.23. The van der Waals surface area contributed by atoms with Crippen molar-refractivity contribution in [1.82, 2.24) is 9.55 Å². The van der Waals surface area contributed by atoms with Crippen molar-refractivity contribution in [3.8, 4) is 11.3 Å². The van der Waals surface area contributed by atoms with Crippen molar-refractivity contribution in [1.29, 1.82) is 0 Å². The van der Waals surface area contributed by atoms with Gasteiger partial charge in [-0.25, -0.2) is 9.78 Å². The van der Waals surface area contributed by atoms with E-state index in [4.69, 9.17) is 5.11 Å². The summed E-state index contributed by atoms with van der Waals surface area (Å²) in [5, 5.41) is 9.15. The molecule has 2 aromatic rings. The summed E-state index contributed by atoms with van der Waals surface area (Å²) in [6.45, 7) is 1.87. The van der Waals surface area contributed by atoms with E-state index in [0.29, 0.717) is 11.1 Å². The minimum Gasteiger partial charge on any atom is -0.478 e. The average molecular weight is 216 g/mol. The van der Waals surface area contributed by atoms with Crippen molar-refractivity contribution in [3.05, 3.63) is 41.9 Å². The predicted octanol–water partition coefficient (Wildman–Crippen LogP) is 2.09. The van der Waals surface area contributed by atoms with E-state index in [9.17, 15) is 4.79 Å². The lowest BCUT2D eigenvalue weighted by Gasteiger charge is -2.07. The van der Waals surface area contributed by atoms with E-state index in [1.165, 1.54) is 0 Å². The van der Waals surface area contributed by atoms with Crippen LogP contribution in [0.5, 0.6) is 0 Å². The molecule has 1 aromatic heterocycles. The van der Waals surface area contributed by atoms with Crippen LogP contribution in [0.2, 0.25) is 0 Å². The van der Waals surface area contributed by atoms with E-state index in [2.05, 4.69) is 4.98 Å². The highest BCUT2D eigenvalue weighted by atomic mass is 16.4. The van der Waals surface area contributed by atoms with Crippen molar-refractivity contribution in [2.45, 2.75) is 6.92 Å². The number of aryl methyl sites for hydroxylation is 2. The first-order chi connectivity index (χ1) is 7.59. The van der Waals surface area contributed by atoms with Crippen molar-refractivity contribution in [2.24, 2.45) is 7.05 Å². The molecule has 0 aliphatic rings. The Hall–Kier alpha value is -2.10. The number of carboxylic acid groups (broad SMARTS) is 1. The minimum absolute atomic E-state index is 0.309. The van der Waals surface area contributed by atoms with E-state index in [0.717, 1.165) is 11.3 Å². The van der Waals surface area contributed by atoms with Crippen LogP contribution in [0.25, 0.3) is 11.3 Å². The topological polar surface area (TPSA) is 55.1 Å². The maximum absolute atomic E-state index is 11.2. The van der Waals surface area contributed by atoms with E-state index >= 15 is 0 Å². The fourth-order valence-corrected chi connectivity index (χ4v) is 1.68. The molecule has 1 heterocycles.